The Labute approximate surface area is 99.8 Å². The van der Waals surface area contributed by atoms with Gasteiger partial charge < -0.3 is 10.3 Å². The molecule has 2 aromatic rings. The summed E-state index contributed by atoms with van der Waals surface area (Å²) < 4.78 is 5.23. The van der Waals surface area contributed by atoms with E-state index in [2.05, 4.69) is 17.1 Å². The molecule has 4 heteroatoms. The van der Waals surface area contributed by atoms with Crippen molar-refractivity contribution in [3.63, 3.8) is 0 Å². The molecule has 1 aliphatic rings. The van der Waals surface area contributed by atoms with Crippen molar-refractivity contribution in [1.82, 2.24) is 10.1 Å². The third kappa shape index (κ3) is 2.08. The van der Waals surface area contributed by atoms with Crippen molar-refractivity contribution < 1.29 is 4.52 Å². The number of hydrogen-bond donors (Lipinski definition) is 1. The highest BCUT2D eigenvalue weighted by atomic mass is 16.5. The van der Waals surface area contributed by atoms with Crippen LogP contribution in [0.1, 0.15) is 30.3 Å². The van der Waals surface area contributed by atoms with Gasteiger partial charge in [0.1, 0.15) is 0 Å². The second-order valence-corrected chi connectivity index (χ2v) is 4.69. The lowest BCUT2D eigenvalue weighted by Gasteiger charge is -2.01. The predicted molar refractivity (Wildman–Crippen MR) is 64.1 cm³/mol. The highest BCUT2D eigenvalue weighted by molar-refractivity contribution is 5.54. The molecule has 1 saturated carbocycles. The monoisotopic (exact) mass is 229 g/mol. The van der Waals surface area contributed by atoms with Crippen molar-refractivity contribution >= 4 is 0 Å². The minimum atomic E-state index is -0.0956. The van der Waals surface area contributed by atoms with Crippen LogP contribution in [0.25, 0.3) is 11.4 Å². The number of nitrogens with two attached hydrogens (primary N) is 1. The van der Waals surface area contributed by atoms with Crippen LogP contribution in [0.15, 0.2) is 28.8 Å². The molecule has 1 aromatic heterocycles. The number of aryl methyl sites for hydroxylation is 1. The molecule has 0 spiro atoms. The second kappa shape index (κ2) is 3.96. The van der Waals surface area contributed by atoms with Crippen molar-refractivity contribution in [2.24, 2.45) is 11.7 Å². The van der Waals surface area contributed by atoms with Gasteiger partial charge in [-0.1, -0.05) is 35.0 Å². The number of nitrogens with zero attached hydrogens (tertiary/aromatic N) is 2. The first-order valence-electron chi connectivity index (χ1n) is 5.90. The van der Waals surface area contributed by atoms with Gasteiger partial charge in [0, 0.05) is 5.56 Å². The van der Waals surface area contributed by atoms with E-state index in [4.69, 9.17) is 10.3 Å². The quantitative estimate of drug-likeness (QED) is 0.878. The van der Waals surface area contributed by atoms with Crippen molar-refractivity contribution in [3.8, 4) is 11.4 Å². The summed E-state index contributed by atoms with van der Waals surface area (Å²) in [7, 11) is 0. The SMILES string of the molecule is Cc1ccc(-c2noc(C(N)C3CC3)n2)cc1. The first kappa shape index (κ1) is 10.5. The average Bonchev–Trinajstić information content (AvgIpc) is 3.07. The molecule has 1 heterocycles. The normalized spacial score (nSPS) is 17.1. The molecule has 1 aromatic carbocycles. The maximum absolute atomic E-state index is 6.02. The van der Waals surface area contributed by atoms with E-state index in [1.165, 1.54) is 18.4 Å². The highest BCUT2D eigenvalue weighted by Crippen LogP contribution is 2.39. The number of rotatable bonds is 3. The highest BCUT2D eigenvalue weighted by Gasteiger charge is 2.33. The Morgan fingerprint density at radius 3 is 2.65 bits per heavy atom. The first-order valence-corrected chi connectivity index (χ1v) is 5.90. The van der Waals surface area contributed by atoms with Gasteiger partial charge in [0.15, 0.2) is 0 Å². The summed E-state index contributed by atoms with van der Waals surface area (Å²) in [4.78, 5) is 4.37. The minimum Gasteiger partial charge on any atom is -0.337 e. The Kier molecular flexibility index (Phi) is 2.44. The van der Waals surface area contributed by atoms with Crippen LogP contribution >= 0.6 is 0 Å². The molecule has 1 atom stereocenters. The molecule has 0 saturated heterocycles. The van der Waals surface area contributed by atoms with Crippen molar-refractivity contribution in [1.29, 1.82) is 0 Å². The maximum atomic E-state index is 6.02. The molecular weight excluding hydrogens is 214 g/mol. The first-order chi connectivity index (χ1) is 8.24. The lowest BCUT2D eigenvalue weighted by atomic mass is 10.1. The third-order valence-corrected chi connectivity index (χ3v) is 3.17. The molecule has 0 amide bonds. The molecule has 0 bridgehead atoms. The van der Waals surface area contributed by atoms with Crippen LogP contribution < -0.4 is 5.73 Å². The minimum absolute atomic E-state index is 0.0956. The fraction of sp³-hybridized carbons (Fsp3) is 0.385. The Hall–Kier alpha value is -1.68. The lowest BCUT2D eigenvalue weighted by Crippen LogP contribution is -2.12. The van der Waals surface area contributed by atoms with E-state index in [0.29, 0.717) is 17.6 Å². The molecular formula is C13H15N3O. The molecule has 3 rings (SSSR count). The zero-order valence-corrected chi connectivity index (χ0v) is 9.76. The zero-order chi connectivity index (χ0) is 11.8. The standard InChI is InChI=1S/C13H15N3O/c1-8-2-4-10(5-3-8)12-15-13(17-16-12)11(14)9-6-7-9/h2-5,9,11H,6-7,14H2,1H3. The summed E-state index contributed by atoms with van der Waals surface area (Å²) in [6.45, 7) is 2.05. The van der Waals surface area contributed by atoms with E-state index in [1.54, 1.807) is 0 Å². The molecule has 2 N–H and O–H groups in total. The van der Waals surface area contributed by atoms with Crippen LogP contribution in [0.5, 0.6) is 0 Å². The van der Waals surface area contributed by atoms with E-state index in [1.807, 2.05) is 24.3 Å². The third-order valence-electron chi connectivity index (χ3n) is 3.17. The molecule has 1 aliphatic carbocycles. The summed E-state index contributed by atoms with van der Waals surface area (Å²) in [6.07, 6.45) is 2.34. The summed E-state index contributed by atoms with van der Waals surface area (Å²) in [5.74, 6) is 1.71. The molecule has 0 radical (unpaired) electrons. The van der Waals surface area contributed by atoms with E-state index < -0.39 is 0 Å². The van der Waals surface area contributed by atoms with Crippen molar-refractivity contribution in [2.45, 2.75) is 25.8 Å². The Balaban J connectivity index is 1.86. The Morgan fingerprint density at radius 1 is 1.29 bits per heavy atom. The van der Waals surface area contributed by atoms with Gasteiger partial charge in [-0.05, 0) is 25.7 Å². The topological polar surface area (TPSA) is 64.9 Å². The van der Waals surface area contributed by atoms with Crippen molar-refractivity contribution in [2.75, 3.05) is 0 Å². The second-order valence-electron chi connectivity index (χ2n) is 4.69. The Bertz CT molecular complexity index is 514. The van der Waals surface area contributed by atoms with Gasteiger partial charge in [0.2, 0.25) is 11.7 Å². The van der Waals surface area contributed by atoms with Crippen LogP contribution in [-0.4, -0.2) is 10.1 Å². The maximum Gasteiger partial charge on any atom is 0.244 e. The van der Waals surface area contributed by atoms with Gasteiger partial charge in [-0.15, -0.1) is 0 Å². The number of hydrogen-bond acceptors (Lipinski definition) is 4. The van der Waals surface area contributed by atoms with Gasteiger partial charge in [-0.2, -0.15) is 4.98 Å². The molecule has 4 nitrogen and oxygen atoms in total. The largest absolute Gasteiger partial charge is 0.337 e. The number of benzene rings is 1. The average molecular weight is 229 g/mol. The fourth-order valence-electron chi connectivity index (χ4n) is 1.85. The summed E-state index contributed by atoms with van der Waals surface area (Å²) in [6, 6.07) is 7.96. The van der Waals surface area contributed by atoms with Gasteiger partial charge in [0.25, 0.3) is 0 Å². The fourth-order valence-corrected chi connectivity index (χ4v) is 1.85. The smallest absolute Gasteiger partial charge is 0.244 e. The van der Waals surface area contributed by atoms with Crippen LogP contribution in [0.4, 0.5) is 0 Å². The van der Waals surface area contributed by atoms with Crippen LogP contribution in [0, 0.1) is 12.8 Å². The van der Waals surface area contributed by atoms with E-state index in [9.17, 15) is 0 Å². The van der Waals surface area contributed by atoms with Gasteiger partial charge >= 0.3 is 0 Å². The number of aromatic nitrogens is 2. The summed E-state index contributed by atoms with van der Waals surface area (Å²) in [5, 5.41) is 3.98. The van der Waals surface area contributed by atoms with Gasteiger partial charge in [0.05, 0.1) is 6.04 Å². The predicted octanol–water partition coefficient (Wildman–Crippen LogP) is 2.45. The molecule has 1 unspecified atom stereocenters. The lowest BCUT2D eigenvalue weighted by molar-refractivity contribution is 0.343. The van der Waals surface area contributed by atoms with Crippen molar-refractivity contribution in [3.05, 3.63) is 35.7 Å². The van der Waals surface area contributed by atoms with E-state index in [-0.39, 0.29) is 6.04 Å². The molecule has 1 fully saturated rings. The van der Waals surface area contributed by atoms with Gasteiger partial charge in [-0.25, -0.2) is 0 Å². The van der Waals surface area contributed by atoms with Gasteiger partial charge in [-0.3, -0.25) is 0 Å². The van der Waals surface area contributed by atoms with E-state index in [0.717, 1.165) is 5.56 Å². The molecule has 17 heavy (non-hydrogen) atoms. The van der Waals surface area contributed by atoms with Crippen LogP contribution in [0.3, 0.4) is 0 Å². The van der Waals surface area contributed by atoms with Crippen LogP contribution in [-0.2, 0) is 0 Å². The summed E-state index contributed by atoms with van der Waals surface area (Å²) >= 11 is 0. The summed E-state index contributed by atoms with van der Waals surface area (Å²) in [5.41, 5.74) is 8.20. The molecule has 0 aliphatic heterocycles. The van der Waals surface area contributed by atoms with Crippen LogP contribution in [0.2, 0.25) is 0 Å². The zero-order valence-electron chi connectivity index (χ0n) is 9.76. The molecule has 88 valence electrons. The Morgan fingerprint density at radius 2 is 2.00 bits per heavy atom. The van der Waals surface area contributed by atoms with E-state index >= 15 is 0 Å².